The van der Waals surface area contributed by atoms with Gasteiger partial charge in [0.25, 0.3) is 0 Å². The molecular weight excluding hydrogens is 214 g/mol. The average molecular weight is 237 g/mol. The van der Waals surface area contributed by atoms with E-state index in [-0.39, 0.29) is 11.6 Å². The first kappa shape index (κ1) is 15.6. The predicted molar refractivity (Wildman–Crippen MR) is 70.7 cm³/mol. The number of carbonyl (C=O) groups excluding carboxylic acids is 2. The summed E-state index contributed by atoms with van der Waals surface area (Å²) in [4.78, 5) is 25.3. The van der Waals surface area contributed by atoms with E-state index in [9.17, 15) is 9.59 Å². The fourth-order valence-corrected chi connectivity index (χ4v) is 1.42. The van der Waals surface area contributed by atoms with Gasteiger partial charge in [-0.1, -0.05) is 13.8 Å². The first-order valence-corrected chi connectivity index (χ1v) is 6.29. The lowest BCUT2D eigenvalue weighted by Crippen LogP contribution is -2.15. The van der Waals surface area contributed by atoms with Gasteiger partial charge in [-0.2, -0.15) is 0 Å². The summed E-state index contributed by atoms with van der Waals surface area (Å²) >= 11 is 0. The van der Waals surface area contributed by atoms with E-state index in [2.05, 4.69) is 18.7 Å². The predicted octanol–water partition coefficient (Wildman–Crippen LogP) is 2.73. The van der Waals surface area contributed by atoms with E-state index in [1.807, 2.05) is 6.20 Å². The maximum absolute atomic E-state index is 11.6. The number of Topliss-reactive ketones (excluding diaryl/α,β-unsaturated/α-hetero) is 2. The molecule has 0 heterocycles. The van der Waals surface area contributed by atoms with Gasteiger partial charge in [0.2, 0.25) is 0 Å². The lowest BCUT2D eigenvalue weighted by atomic mass is 10.0. The van der Waals surface area contributed by atoms with E-state index >= 15 is 0 Å². The first-order valence-electron chi connectivity index (χ1n) is 6.29. The van der Waals surface area contributed by atoms with Crippen LogP contribution >= 0.6 is 0 Å². The average Bonchev–Trinajstić information content (AvgIpc) is 2.37. The van der Waals surface area contributed by atoms with Crippen molar-refractivity contribution in [3.05, 3.63) is 23.9 Å². The molecule has 0 aliphatic heterocycles. The van der Waals surface area contributed by atoms with E-state index in [0.717, 1.165) is 13.1 Å². The molecule has 0 fully saturated rings. The standard InChI is InChI=1S/C14H23NO2/c1-5-13(16)12(14(17)6-2)10-9-11-15(7-3)8-4/h9-11H,5-8H2,1-4H3/b11-9+. The molecule has 0 aliphatic carbocycles. The molecule has 17 heavy (non-hydrogen) atoms. The Morgan fingerprint density at radius 1 is 0.941 bits per heavy atom. The van der Waals surface area contributed by atoms with Crippen LogP contribution in [0.5, 0.6) is 0 Å². The number of ketones is 2. The monoisotopic (exact) mass is 237 g/mol. The molecule has 0 amide bonds. The van der Waals surface area contributed by atoms with Gasteiger partial charge in [0.1, 0.15) is 0 Å². The Kier molecular flexibility index (Phi) is 8.03. The van der Waals surface area contributed by atoms with Gasteiger partial charge in [0.15, 0.2) is 11.6 Å². The molecule has 3 heteroatoms. The fraction of sp³-hybridized carbons (Fsp3) is 0.571. The minimum Gasteiger partial charge on any atom is -0.378 e. The highest BCUT2D eigenvalue weighted by molar-refractivity contribution is 6.20. The Bertz CT molecular complexity index is 294. The highest BCUT2D eigenvalue weighted by atomic mass is 16.1. The van der Waals surface area contributed by atoms with Crippen LogP contribution in [0.15, 0.2) is 23.9 Å². The van der Waals surface area contributed by atoms with Gasteiger partial charge in [-0.3, -0.25) is 9.59 Å². The van der Waals surface area contributed by atoms with Crippen LogP contribution in [0.1, 0.15) is 40.5 Å². The van der Waals surface area contributed by atoms with Crippen LogP contribution < -0.4 is 0 Å². The smallest absolute Gasteiger partial charge is 0.166 e. The van der Waals surface area contributed by atoms with Crippen LogP contribution in [0.4, 0.5) is 0 Å². The maximum atomic E-state index is 11.6. The molecule has 0 aliphatic rings. The van der Waals surface area contributed by atoms with Crippen LogP contribution in [0.25, 0.3) is 0 Å². The van der Waals surface area contributed by atoms with Crippen molar-refractivity contribution < 1.29 is 9.59 Å². The van der Waals surface area contributed by atoms with Crippen molar-refractivity contribution in [2.24, 2.45) is 0 Å². The van der Waals surface area contributed by atoms with Gasteiger partial charge in [-0.05, 0) is 32.2 Å². The topological polar surface area (TPSA) is 37.4 Å². The number of hydrogen-bond acceptors (Lipinski definition) is 3. The zero-order chi connectivity index (χ0) is 13.3. The SMILES string of the molecule is CCC(=O)C(=C/C=C/N(CC)CC)C(=O)CC. The second kappa shape index (κ2) is 8.74. The molecule has 0 N–H and O–H groups in total. The van der Waals surface area contributed by atoms with Gasteiger partial charge >= 0.3 is 0 Å². The number of allylic oxidation sites excluding steroid dienone is 3. The molecule has 0 rings (SSSR count). The van der Waals surface area contributed by atoms with E-state index < -0.39 is 0 Å². The van der Waals surface area contributed by atoms with Crippen LogP contribution in [-0.4, -0.2) is 29.6 Å². The number of carbonyl (C=O) groups is 2. The van der Waals surface area contributed by atoms with Gasteiger partial charge in [0, 0.05) is 25.9 Å². The molecule has 0 saturated carbocycles. The molecule has 0 aromatic carbocycles. The second-order valence-electron chi connectivity index (χ2n) is 3.70. The third kappa shape index (κ3) is 5.48. The highest BCUT2D eigenvalue weighted by Gasteiger charge is 2.13. The van der Waals surface area contributed by atoms with E-state index in [1.165, 1.54) is 0 Å². The van der Waals surface area contributed by atoms with Crippen LogP contribution in [0.3, 0.4) is 0 Å². The molecule has 0 aromatic rings. The summed E-state index contributed by atoms with van der Waals surface area (Å²) in [5.74, 6) is -0.165. The molecule has 0 atom stereocenters. The van der Waals surface area contributed by atoms with Crippen molar-refractivity contribution in [2.75, 3.05) is 13.1 Å². The van der Waals surface area contributed by atoms with Crippen molar-refractivity contribution in [1.29, 1.82) is 0 Å². The van der Waals surface area contributed by atoms with Crippen molar-refractivity contribution in [2.45, 2.75) is 40.5 Å². The molecule has 0 aromatic heterocycles. The largest absolute Gasteiger partial charge is 0.378 e. The molecule has 0 saturated heterocycles. The number of rotatable bonds is 8. The van der Waals surface area contributed by atoms with Gasteiger partial charge in [-0.15, -0.1) is 0 Å². The molecule has 0 bridgehead atoms. The summed E-state index contributed by atoms with van der Waals surface area (Å²) in [6, 6.07) is 0. The van der Waals surface area contributed by atoms with Crippen molar-refractivity contribution in [3.8, 4) is 0 Å². The van der Waals surface area contributed by atoms with Gasteiger partial charge in [0.05, 0.1) is 5.57 Å². The molecule has 0 radical (unpaired) electrons. The Balaban J connectivity index is 4.81. The van der Waals surface area contributed by atoms with Crippen LogP contribution in [0.2, 0.25) is 0 Å². The van der Waals surface area contributed by atoms with Gasteiger partial charge in [-0.25, -0.2) is 0 Å². The quantitative estimate of drug-likeness (QED) is 0.282. The Morgan fingerprint density at radius 2 is 1.41 bits per heavy atom. The molecule has 0 unspecified atom stereocenters. The Morgan fingerprint density at radius 3 is 1.76 bits per heavy atom. The lowest BCUT2D eigenvalue weighted by molar-refractivity contribution is -0.121. The zero-order valence-electron chi connectivity index (χ0n) is 11.3. The van der Waals surface area contributed by atoms with E-state index in [4.69, 9.17) is 0 Å². The summed E-state index contributed by atoms with van der Waals surface area (Å²) < 4.78 is 0. The van der Waals surface area contributed by atoms with Crippen molar-refractivity contribution in [1.82, 2.24) is 4.90 Å². The Hall–Kier alpha value is -1.38. The van der Waals surface area contributed by atoms with Gasteiger partial charge < -0.3 is 4.90 Å². The third-order valence-corrected chi connectivity index (χ3v) is 2.62. The zero-order valence-corrected chi connectivity index (χ0v) is 11.3. The van der Waals surface area contributed by atoms with Crippen LogP contribution in [-0.2, 0) is 9.59 Å². The first-order chi connectivity index (χ1) is 8.10. The summed E-state index contributed by atoms with van der Waals surface area (Å²) in [6.45, 7) is 9.50. The minimum atomic E-state index is -0.0824. The number of hydrogen-bond donors (Lipinski definition) is 0. The maximum Gasteiger partial charge on any atom is 0.166 e. The van der Waals surface area contributed by atoms with E-state index in [0.29, 0.717) is 18.4 Å². The second-order valence-corrected chi connectivity index (χ2v) is 3.70. The summed E-state index contributed by atoms with van der Waals surface area (Å²) in [5.41, 5.74) is 0.318. The van der Waals surface area contributed by atoms with E-state index in [1.54, 1.807) is 26.0 Å². The van der Waals surface area contributed by atoms with Crippen molar-refractivity contribution >= 4 is 11.6 Å². The normalized spacial score (nSPS) is 10.4. The summed E-state index contributed by atoms with van der Waals surface area (Å²) in [7, 11) is 0. The fourth-order valence-electron chi connectivity index (χ4n) is 1.42. The lowest BCUT2D eigenvalue weighted by Gasteiger charge is -2.14. The molecular formula is C14H23NO2. The van der Waals surface area contributed by atoms with Crippen LogP contribution in [0, 0.1) is 0 Å². The summed E-state index contributed by atoms with van der Waals surface area (Å²) in [6.07, 6.45) is 6.07. The summed E-state index contributed by atoms with van der Waals surface area (Å²) in [5, 5.41) is 0. The third-order valence-electron chi connectivity index (χ3n) is 2.62. The minimum absolute atomic E-state index is 0.0824. The molecule has 3 nitrogen and oxygen atoms in total. The highest BCUT2D eigenvalue weighted by Crippen LogP contribution is 2.05. The Labute approximate surface area is 104 Å². The molecule has 96 valence electrons. The molecule has 0 spiro atoms. The van der Waals surface area contributed by atoms with Crippen molar-refractivity contribution in [3.63, 3.8) is 0 Å². The number of nitrogens with zero attached hydrogens (tertiary/aromatic N) is 1.